The minimum absolute atomic E-state index is 0.150. The van der Waals surface area contributed by atoms with Crippen molar-refractivity contribution in [2.45, 2.75) is 0 Å². The van der Waals surface area contributed by atoms with Crippen LogP contribution in [0.25, 0.3) is 10.9 Å². The first-order valence-electron chi connectivity index (χ1n) is 6.00. The molecule has 2 heterocycles. The van der Waals surface area contributed by atoms with Gasteiger partial charge in [-0.15, -0.1) is 0 Å². The number of benzene rings is 1. The standard InChI is InChI=1S/C14H12N4O2/c1-18-13-5-11(3-2-9(13)7-16-18)17-12-4-10(14(19)20)6-15-8-12/h2-8,17H,1H3,(H,19,20). The number of aryl methyl sites for hydroxylation is 1. The van der Waals surface area contributed by atoms with E-state index in [4.69, 9.17) is 5.11 Å². The van der Waals surface area contributed by atoms with E-state index in [1.807, 2.05) is 25.2 Å². The largest absolute Gasteiger partial charge is 0.478 e. The van der Waals surface area contributed by atoms with Crippen molar-refractivity contribution < 1.29 is 9.90 Å². The van der Waals surface area contributed by atoms with Crippen molar-refractivity contribution in [1.29, 1.82) is 0 Å². The number of carboxylic acid groups (broad SMARTS) is 1. The molecule has 0 saturated carbocycles. The zero-order chi connectivity index (χ0) is 14.1. The molecule has 0 fully saturated rings. The summed E-state index contributed by atoms with van der Waals surface area (Å²) >= 11 is 0. The zero-order valence-corrected chi connectivity index (χ0v) is 10.7. The predicted octanol–water partition coefficient (Wildman–Crippen LogP) is 2.41. The van der Waals surface area contributed by atoms with Crippen LogP contribution >= 0.6 is 0 Å². The third kappa shape index (κ3) is 2.18. The Morgan fingerprint density at radius 3 is 2.85 bits per heavy atom. The second kappa shape index (κ2) is 4.65. The summed E-state index contributed by atoms with van der Waals surface area (Å²) in [6.07, 6.45) is 4.70. The molecule has 0 aliphatic carbocycles. The maximum atomic E-state index is 10.9. The first-order chi connectivity index (χ1) is 9.63. The van der Waals surface area contributed by atoms with Gasteiger partial charge < -0.3 is 10.4 Å². The van der Waals surface area contributed by atoms with Gasteiger partial charge in [-0.2, -0.15) is 5.10 Å². The number of aromatic nitrogens is 3. The highest BCUT2D eigenvalue weighted by molar-refractivity contribution is 5.89. The van der Waals surface area contributed by atoms with Gasteiger partial charge in [0.1, 0.15) is 0 Å². The number of pyridine rings is 1. The van der Waals surface area contributed by atoms with Gasteiger partial charge in [0.2, 0.25) is 0 Å². The topological polar surface area (TPSA) is 80.0 Å². The van der Waals surface area contributed by atoms with Crippen LogP contribution in [-0.4, -0.2) is 25.8 Å². The van der Waals surface area contributed by atoms with Crippen molar-refractivity contribution >= 4 is 28.2 Å². The van der Waals surface area contributed by atoms with E-state index in [9.17, 15) is 4.79 Å². The summed E-state index contributed by atoms with van der Waals surface area (Å²) in [5.74, 6) is -0.997. The predicted molar refractivity (Wildman–Crippen MR) is 75.2 cm³/mol. The van der Waals surface area contributed by atoms with Crippen LogP contribution in [-0.2, 0) is 7.05 Å². The highest BCUT2D eigenvalue weighted by Gasteiger charge is 2.05. The van der Waals surface area contributed by atoms with E-state index in [1.54, 1.807) is 23.1 Å². The molecule has 100 valence electrons. The van der Waals surface area contributed by atoms with E-state index < -0.39 is 5.97 Å². The van der Waals surface area contributed by atoms with Crippen molar-refractivity contribution in [3.63, 3.8) is 0 Å². The maximum Gasteiger partial charge on any atom is 0.337 e. The second-order valence-corrected chi connectivity index (χ2v) is 4.43. The van der Waals surface area contributed by atoms with Gasteiger partial charge in [0.05, 0.1) is 29.2 Å². The van der Waals surface area contributed by atoms with Gasteiger partial charge in [-0.05, 0) is 24.3 Å². The number of hydrogen-bond donors (Lipinski definition) is 2. The van der Waals surface area contributed by atoms with Gasteiger partial charge >= 0.3 is 5.97 Å². The molecule has 2 N–H and O–H groups in total. The number of anilines is 2. The Balaban J connectivity index is 1.94. The number of carbonyl (C=O) groups is 1. The Kier molecular flexibility index (Phi) is 2.83. The summed E-state index contributed by atoms with van der Waals surface area (Å²) in [5.41, 5.74) is 2.63. The van der Waals surface area contributed by atoms with Crippen molar-refractivity contribution in [2.75, 3.05) is 5.32 Å². The molecular weight excluding hydrogens is 256 g/mol. The smallest absolute Gasteiger partial charge is 0.337 e. The summed E-state index contributed by atoms with van der Waals surface area (Å²) < 4.78 is 1.78. The number of nitrogens with one attached hydrogen (secondary N) is 1. The molecular formula is C14H12N4O2. The number of nitrogens with zero attached hydrogens (tertiary/aromatic N) is 3. The van der Waals surface area contributed by atoms with Gasteiger partial charge in [0, 0.05) is 24.3 Å². The third-order valence-corrected chi connectivity index (χ3v) is 3.02. The van der Waals surface area contributed by atoms with Crippen molar-refractivity contribution in [3.8, 4) is 0 Å². The molecule has 1 aromatic carbocycles. The van der Waals surface area contributed by atoms with Crippen LogP contribution < -0.4 is 5.32 Å². The van der Waals surface area contributed by atoms with Crippen molar-refractivity contribution in [1.82, 2.24) is 14.8 Å². The molecule has 3 rings (SSSR count). The lowest BCUT2D eigenvalue weighted by molar-refractivity contribution is 0.0696. The van der Waals surface area contributed by atoms with Crippen LogP contribution in [0.1, 0.15) is 10.4 Å². The average molecular weight is 268 g/mol. The highest BCUT2D eigenvalue weighted by Crippen LogP contribution is 2.22. The molecule has 6 nitrogen and oxygen atoms in total. The molecule has 0 unspecified atom stereocenters. The Morgan fingerprint density at radius 2 is 2.05 bits per heavy atom. The van der Waals surface area contributed by atoms with Crippen molar-refractivity contribution in [2.24, 2.45) is 7.05 Å². The SMILES string of the molecule is Cn1ncc2ccc(Nc3cncc(C(=O)O)c3)cc21. The fraction of sp³-hybridized carbons (Fsp3) is 0.0714. The molecule has 2 aromatic heterocycles. The fourth-order valence-electron chi connectivity index (χ4n) is 2.01. The lowest BCUT2D eigenvalue weighted by atomic mass is 10.2. The van der Waals surface area contributed by atoms with E-state index >= 15 is 0 Å². The molecule has 3 aromatic rings. The molecule has 0 bridgehead atoms. The molecule has 0 aliphatic heterocycles. The van der Waals surface area contributed by atoms with Crippen LogP contribution in [0.5, 0.6) is 0 Å². The normalized spacial score (nSPS) is 10.7. The molecule has 20 heavy (non-hydrogen) atoms. The number of fused-ring (bicyclic) bond motifs is 1. The Bertz CT molecular complexity index is 795. The fourth-order valence-corrected chi connectivity index (χ4v) is 2.01. The molecule has 0 spiro atoms. The maximum absolute atomic E-state index is 10.9. The van der Waals surface area contributed by atoms with Crippen LogP contribution in [0, 0.1) is 0 Å². The number of aromatic carboxylic acids is 1. The van der Waals surface area contributed by atoms with Crippen LogP contribution in [0.4, 0.5) is 11.4 Å². The molecule has 0 aliphatic rings. The minimum atomic E-state index is -0.997. The molecule has 0 radical (unpaired) electrons. The van der Waals surface area contributed by atoms with E-state index in [-0.39, 0.29) is 5.56 Å². The van der Waals surface area contributed by atoms with Crippen LogP contribution in [0.3, 0.4) is 0 Å². The van der Waals surface area contributed by atoms with E-state index in [0.29, 0.717) is 5.69 Å². The van der Waals surface area contributed by atoms with E-state index in [1.165, 1.54) is 6.20 Å². The summed E-state index contributed by atoms with van der Waals surface area (Å²) in [6, 6.07) is 7.37. The van der Waals surface area contributed by atoms with Gasteiger partial charge in [-0.1, -0.05) is 0 Å². The number of rotatable bonds is 3. The molecule has 0 amide bonds. The summed E-state index contributed by atoms with van der Waals surface area (Å²) in [4.78, 5) is 14.8. The number of hydrogen-bond acceptors (Lipinski definition) is 4. The van der Waals surface area contributed by atoms with Crippen LogP contribution in [0.15, 0.2) is 42.9 Å². The molecule has 0 saturated heterocycles. The van der Waals surface area contributed by atoms with E-state index in [2.05, 4.69) is 15.4 Å². The molecule has 6 heteroatoms. The quantitative estimate of drug-likeness (QED) is 0.762. The molecule has 0 atom stereocenters. The summed E-state index contributed by atoms with van der Waals surface area (Å²) in [7, 11) is 1.87. The summed E-state index contributed by atoms with van der Waals surface area (Å²) in [5, 5.41) is 17.3. The average Bonchev–Trinajstić information content (AvgIpc) is 2.81. The zero-order valence-electron chi connectivity index (χ0n) is 10.7. The summed E-state index contributed by atoms with van der Waals surface area (Å²) in [6.45, 7) is 0. The Labute approximate surface area is 114 Å². The van der Waals surface area contributed by atoms with Crippen LogP contribution in [0.2, 0.25) is 0 Å². The second-order valence-electron chi connectivity index (χ2n) is 4.43. The lowest BCUT2D eigenvalue weighted by Gasteiger charge is -2.07. The monoisotopic (exact) mass is 268 g/mol. The van der Waals surface area contributed by atoms with Crippen molar-refractivity contribution in [3.05, 3.63) is 48.4 Å². The van der Waals surface area contributed by atoms with Gasteiger partial charge in [-0.3, -0.25) is 9.67 Å². The van der Waals surface area contributed by atoms with Gasteiger partial charge in [-0.25, -0.2) is 4.79 Å². The van der Waals surface area contributed by atoms with Gasteiger partial charge in [0.15, 0.2) is 0 Å². The van der Waals surface area contributed by atoms with Gasteiger partial charge in [0.25, 0.3) is 0 Å². The lowest BCUT2D eigenvalue weighted by Crippen LogP contribution is -1.99. The first kappa shape index (κ1) is 12.2. The van der Waals surface area contributed by atoms with E-state index in [0.717, 1.165) is 16.6 Å². The number of carboxylic acids is 1. The minimum Gasteiger partial charge on any atom is -0.478 e. The highest BCUT2D eigenvalue weighted by atomic mass is 16.4. The Hall–Kier alpha value is -2.89. The first-order valence-corrected chi connectivity index (χ1v) is 6.00. The Morgan fingerprint density at radius 1 is 1.20 bits per heavy atom. The third-order valence-electron chi connectivity index (χ3n) is 3.02.